The van der Waals surface area contributed by atoms with Crippen molar-refractivity contribution in [3.05, 3.63) is 109 Å². The SMILES string of the molecule is O=C1COc2ncc(N3C(=O)C(c4ccc5c(c4)OCCO5)(c4cnc5snnc5c4)Sc4nc(-c5cc(-c6cc7cccnc7[nH]6)c6c(n5)OCCO6)[c]c(-c5cc6c(c(-c7cnc8c(c7)OCCO8)n5)OCCO6)c43)cc2N1. The quantitative estimate of drug-likeness (QED) is 0.156. The molecule has 10 aromatic rings. The average molecular weight is 1100 g/mol. The Morgan fingerprint density at radius 1 is 0.650 bits per heavy atom. The molecule has 0 saturated heterocycles. The van der Waals surface area contributed by atoms with E-state index in [0.717, 1.165) is 28.7 Å². The number of amides is 2. The van der Waals surface area contributed by atoms with E-state index < -0.39 is 16.6 Å². The molecule has 1 atom stereocenters. The molecule has 25 heteroatoms. The van der Waals surface area contributed by atoms with Crippen LogP contribution in [0.5, 0.6) is 52.1 Å². The van der Waals surface area contributed by atoms with Gasteiger partial charge in [0.15, 0.2) is 50.7 Å². The van der Waals surface area contributed by atoms with Gasteiger partial charge in [-0.25, -0.2) is 34.9 Å². The van der Waals surface area contributed by atoms with Crippen LogP contribution >= 0.6 is 23.3 Å². The van der Waals surface area contributed by atoms with Crippen LogP contribution in [-0.2, 0) is 14.3 Å². The van der Waals surface area contributed by atoms with Gasteiger partial charge in [0.2, 0.25) is 5.88 Å². The second-order valence-corrected chi connectivity index (χ2v) is 20.7. The van der Waals surface area contributed by atoms with Crippen molar-refractivity contribution < 1.29 is 52.2 Å². The van der Waals surface area contributed by atoms with Gasteiger partial charge >= 0.3 is 0 Å². The Bertz CT molecular complexity index is 4260. The summed E-state index contributed by atoms with van der Waals surface area (Å²) in [5.74, 6) is 2.32. The Morgan fingerprint density at radius 2 is 1.46 bits per heavy atom. The summed E-state index contributed by atoms with van der Waals surface area (Å²) in [5, 5.41) is 8.45. The fourth-order valence-electron chi connectivity index (χ4n) is 10.4. The molecule has 0 saturated carbocycles. The Morgan fingerprint density at radius 3 is 2.36 bits per heavy atom. The predicted octanol–water partition coefficient (Wildman–Crippen LogP) is 7.54. The van der Waals surface area contributed by atoms with E-state index in [-0.39, 0.29) is 85.4 Å². The van der Waals surface area contributed by atoms with Gasteiger partial charge < -0.3 is 52.9 Å². The van der Waals surface area contributed by atoms with Crippen molar-refractivity contribution >= 4 is 73.6 Å². The van der Waals surface area contributed by atoms with Crippen molar-refractivity contribution in [2.75, 3.05) is 69.7 Å². The van der Waals surface area contributed by atoms with E-state index in [9.17, 15) is 4.79 Å². The minimum absolute atomic E-state index is 0.161. The lowest BCUT2D eigenvalue weighted by atomic mass is 9.88. The van der Waals surface area contributed by atoms with E-state index in [1.54, 1.807) is 55.0 Å². The second-order valence-electron chi connectivity index (χ2n) is 18.7. The molecule has 9 aromatic heterocycles. The van der Waals surface area contributed by atoms with Gasteiger partial charge in [0.1, 0.15) is 80.4 Å². The first-order chi connectivity index (χ1) is 39.4. The molecule has 6 aliphatic rings. The number of hydrogen-bond donors (Lipinski definition) is 2. The number of aromatic amines is 1. The van der Waals surface area contributed by atoms with Crippen molar-refractivity contribution in [2.24, 2.45) is 0 Å². The molecule has 1 unspecified atom stereocenters. The lowest BCUT2D eigenvalue weighted by Crippen LogP contribution is -2.47. The number of H-pyrrole nitrogens is 1. The van der Waals surface area contributed by atoms with Gasteiger partial charge in [-0.05, 0) is 60.2 Å². The maximum Gasteiger partial charge on any atom is 0.262 e. The van der Waals surface area contributed by atoms with E-state index in [1.807, 2.05) is 30.3 Å². The molecule has 1 radical (unpaired) electrons. The molecule has 80 heavy (non-hydrogen) atoms. The van der Waals surface area contributed by atoms with Gasteiger partial charge in [-0.15, -0.1) is 5.10 Å². The zero-order valence-electron chi connectivity index (χ0n) is 41.3. The molecule has 2 amide bonds. The topological polar surface area (TPSA) is 264 Å². The van der Waals surface area contributed by atoms with E-state index in [4.69, 9.17) is 62.6 Å². The van der Waals surface area contributed by atoms with Gasteiger partial charge in [0.25, 0.3) is 23.6 Å². The Kier molecular flexibility index (Phi) is 10.5. The van der Waals surface area contributed by atoms with Crippen LogP contribution in [0.15, 0.2) is 96.5 Å². The third kappa shape index (κ3) is 7.44. The molecule has 23 nitrogen and oxygen atoms in total. The summed E-state index contributed by atoms with van der Waals surface area (Å²) in [4.78, 5) is 70.0. The smallest absolute Gasteiger partial charge is 0.262 e. The zero-order valence-corrected chi connectivity index (χ0v) is 42.9. The number of benzene rings is 1. The van der Waals surface area contributed by atoms with Crippen LogP contribution < -0.4 is 52.8 Å². The molecular formula is C55H35N12O11S2. The Hall–Kier alpha value is -9.88. The number of fused-ring (bicyclic) bond motifs is 8. The Balaban J connectivity index is 1.00. The third-order valence-corrected chi connectivity index (χ3v) is 16.0. The van der Waals surface area contributed by atoms with Gasteiger partial charge in [-0.1, -0.05) is 22.3 Å². The van der Waals surface area contributed by atoms with Gasteiger partial charge in [0, 0.05) is 69.9 Å². The first kappa shape index (κ1) is 46.2. The van der Waals surface area contributed by atoms with Crippen LogP contribution in [-0.4, -0.2) is 121 Å². The molecular weight excluding hydrogens is 1070 g/mol. The number of aromatic nitrogens is 10. The van der Waals surface area contributed by atoms with Gasteiger partial charge in [0.05, 0.1) is 40.3 Å². The molecule has 15 heterocycles. The lowest BCUT2D eigenvalue weighted by Gasteiger charge is -2.43. The van der Waals surface area contributed by atoms with Crippen molar-refractivity contribution in [3.63, 3.8) is 0 Å². The number of rotatable bonds is 7. The van der Waals surface area contributed by atoms with Crippen molar-refractivity contribution in [1.29, 1.82) is 0 Å². The van der Waals surface area contributed by atoms with Crippen LogP contribution in [0.25, 0.3) is 66.5 Å². The summed E-state index contributed by atoms with van der Waals surface area (Å²) < 4.78 is 57.5. The summed E-state index contributed by atoms with van der Waals surface area (Å²) in [6.07, 6.45) is 6.48. The molecule has 0 bridgehead atoms. The number of hydrogen-bond acceptors (Lipinski definition) is 22. The van der Waals surface area contributed by atoms with E-state index in [2.05, 4.69) is 40.9 Å². The molecule has 16 rings (SSSR count). The largest absolute Gasteiger partial charge is 0.486 e. The number of carbonyl (C=O) groups is 2. The molecule has 0 fully saturated rings. The standard InChI is InChI=1S/C55H35N12O11S2/c68-43-25-78-49-37(60-43)18-30(24-58-49)67-45-31(34-21-41-47(75-10-8-72-41)44(61-34)27-15-42-50(57-22-27)76-12-9-73-42)19-36(35-20-32(46-51(63-35)77-13-11-74-46)33-14-26-2-1-5-56-48(26)62-33)64-53(45)79-55(54(67)69,29-16-38-52(59-23-29)80-66-65-38)28-3-4-39-40(17-28)71-7-6-70-39/h1-5,14-18,20-24H,6-13,25H2,(H,56,62)(H,60,68). The van der Waals surface area contributed by atoms with E-state index in [1.165, 1.54) is 11.1 Å². The average Bonchev–Trinajstić information content (AvgIpc) is 4.16. The highest BCUT2D eigenvalue weighted by atomic mass is 32.2. The first-order valence-electron chi connectivity index (χ1n) is 25.1. The second kappa shape index (κ2) is 18.1. The van der Waals surface area contributed by atoms with Crippen LogP contribution in [0, 0.1) is 6.07 Å². The normalized spacial score (nSPS) is 17.6. The highest BCUT2D eigenvalue weighted by Gasteiger charge is 2.53. The van der Waals surface area contributed by atoms with Crippen molar-refractivity contribution in [2.45, 2.75) is 9.77 Å². The molecule has 393 valence electrons. The highest BCUT2D eigenvalue weighted by molar-refractivity contribution is 8.01. The van der Waals surface area contributed by atoms with E-state index >= 15 is 4.79 Å². The fraction of sp³-hybridized carbons (Fsp3) is 0.182. The minimum Gasteiger partial charge on any atom is -0.486 e. The lowest BCUT2D eigenvalue weighted by molar-refractivity contribution is -0.120. The first-order valence-corrected chi connectivity index (χ1v) is 26.7. The van der Waals surface area contributed by atoms with Crippen LogP contribution in [0.4, 0.5) is 17.1 Å². The number of thioether (sulfide) groups is 1. The summed E-state index contributed by atoms with van der Waals surface area (Å²) in [6.45, 7) is 2.05. The maximum absolute atomic E-state index is 17.0. The molecule has 6 aliphatic heterocycles. The number of carbonyl (C=O) groups excluding carboxylic acids is 2. The summed E-state index contributed by atoms with van der Waals surface area (Å²) in [5.41, 5.74) is 6.03. The highest BCUT2D eigenvalue weighted by Crippen LogP contribution is 2.60. The van der Waals surface area contributed by atoms with Gasteiger partial charge in [-0.3, -0.25) is 14.5 Å². The van der Waals surface area contributed by atoms with Crippen LogP contribution in [0.3, 0.4) is 0 Å². The van der Waals surface area contributed by atoms with Crippen molar-refractivity contribution in [1.82, 2.24) is 49.5 Å². The van der Waals surface area contributed by atoms with Gasteiger partial charge in [-0.2, -0.15) is 0 Å². The number of anilines is 3. The molecule has 0 aliphatic carbocycles. The molecule has 0 spiro atoms. The fourth-order valence-corrected chi connectivity index (χ4v) is 12.3. The number of pyridine rings is 7. The number of ether oxygens (including phenoxy) is 9. The van der Waals surface area contributed by atoms with Crippen LogP contribution in [0.2, 0.25) is 0 Å². The van der Waals surface area contributed by atoms with Crippen LogP contribution in [0.1, 0.15) is 11.1 Å². The number of nitrogens with one attached hydrogen (secondary N) is 2. The summed E-state index contributed by atoms with van der Waals surface area (Å²) in [6, 6.07) is 23.6. The monoisotopic (exact) mass is 1100 g/mol. The zero-order chi connectivity index (χ0) is 53.1. The minimum atomic E-state index is -1.75. The molecule has 2 N–H and O–H groups in total. The summed E-state index contributed by atoms with van der Waals surface area (Å²) >= 11 is 2.29. The third-order valence-electron chi connectivity index (χ3n) is 13.9. The van der Waals surface area contributed by atoms with Crippen molar-refractivity contribution in [3.8, 4) is 97.3 Å². The molecule has 1 aromatic carbocycles. The summed E-state index contributed by atoms with van der Waals surface area (Å²) in [7, 11) is 0. The van der Waals surface area contributed by atoms with E-state index in [0.29, 0.717) is 121 Å². The number of nitrogens with zero attached hydrogens (tertiary/aromatic N) is 10. The Labute approximate surface area is 458 Å². The maximum atomic E-state index is 17.0. The predicted molar refractivity (Wildman–Crippen MR) is 286 cm³/mol.